The zero-order valence-corrected chi connectivity index (χ0v) is 13.4. The second-order valence-electron chi connectivity index (χ2n) is 5.20. The van der Waals surface area contributed by atoms with Crippen LogP contribution in [0.3, 0.4) is 0 Å². The van der Waals surface area contributed by atoms with Gasteiger partial charge in [0.05, 0.1) is 11.5 Å². The first-order chi connectivity index (χ1) is 10.6. The average molecular weight is 368 g/mol. The Kier molecular flexibility index (Phi) is 5.01. The topological polar surface area (TPSA) is 109 Å². The number of nitrogens with one attached hydrogen (secondary N) is 2. The monoisotopic (exact) mass is 368 g/mol. The van der Waals surface area contributed by atoms with Crippen LogP contribution in [0.5, 0.6) is 0 Å². The lowest BCUT2D eigenvalue weighted by Gasteiger charge is -2.11. The summed E-state index contributed by atoms with van der Waals surface area (Å²) in [5.41, 5.74) is 1.89. The molecule has 2 rings (SSSR count). The number of halogens is 2. The highest BCUT2D eigenvalue weighted by Gasteiger charge is 2.29. The molecule has 1 heterocycles. The third kappa shape index (κ3) is 4.69. The number of hydrazine groups is 1. The van der Waals surface area contributed by atoms with Gasteiger partial charge in [-0.05, 0) is 24.5 Å². The molecule has 0 aliphatic carbocycles. The summed E-state index contributed by atoms with van der Waals surface area (Å²) in [6, 6.07) is 1.89. The zero-order valence-electron chi connectivity index (χ0n) is 11.8. The third-order valence-corrected chi connectivity index (χ3v) is 6.43. The van der Waals surface area contributed by atoms with Crippen LogP contribution in [0.15, 0.2) is 23.1 Å². The molecule has 1 aliphatic rings. The molecule has 1 fully saturated rings. The molecule has 23 heavy (non-hydrogen) atoms. The summed E-state index contributed by atoms with van der Waals surface area (Å²) in [6.45, 7) is 0. The molecule has 0 aromatic heterocycles. The standard InChI is InChI=1S/C12H14F2N2O5S2/c13-9-1-2-11(10(14)6-9)23(20,21)16-15-12(17)5-8-3-4-22(18,19)7-8/h1-2,6,8,16H,3-5,7H2,(H,15,17)/t8-/m1/s1. The number of hydrogen-bond donors (Lipinski definition) is 2. The quantitative estimate of drug-likeness (QED) is 0.717. The number of rotatable bonds is 5. The van der Waals surface area contributed by atoms with Crippen molar-refractivity contribution in [3.63, 3.8) is 0 Å². The number of carbonyl (C=O) groups excluding carboxylic acids is 1. The lowest BCUT2D eigenvalue weighted by Crippen LogP contribution is -2.42. The Morgan fingerprint density at radius 3 is 2.57 bits per heavy atom. The Labute approximate surface area is 132 Å². The van der Waals surface area contributed by atoms with Crippen molar-refractivity contribution in [1.29, 1.82) is 0 Å². The summed E-state index contributed by atoms with van der Waals surface area (Å²) in [4.78, 5) is 12.5. The number of amides is 1. The molecule has 128 valence electrons. The van der Waals surface area contributed by atoms with Crippen molar-refractivity contribution in [1.82, 2.24) is 10.3 Å². The summed E-state index contributed by atoms with van der Waals surface area (Å²) in [6.07, 6.45) is 0.155. The first kappa shape index (κ1) is 17.8. The van der Waals surface area contributed by atoms with E-state index in [0.717, 1.165) is 12.1 Å². The summed E-state index contributed by atoms with van der Waals surface area (Å²) >= 11 is 0. The van der Waals surface area contributed by atoms with Crippen molar-refractivity contribution in [3.05, 3.63) is 29.8 Å². The fourth-order valence-corrected chi connectivity index (χ4v) is 5.00. The minimum absolute atomic E-state index is 0.00252. The Hall–Kier alpha value is -1.59. The molecule has 0 saturated carbocycles. The minimum Gasteiger partial charge on any atom is -0.278 e. The first-order valence-corrected chi connectivity index (χ1v) is 9.86. The van der Waals surface area contributed by atoms with E-state index in [9.17, 15) is 30.4 Å². The number of sulfone groups is 1. The second-order valence-corrected chi connectivity index (χ2v) is 9.08. The van der Waals surface area contributed by atoms with Gasteiger partial charge in [0.25, 0.3) is 10.0 Å². The second kappa shape index (κ2) is 6.49. The van der Waals surface area contributed by atoms with E-state index in [1.54, 1.807) is 4.83 Å². The van der Waals surface area contributed by atoms with Crippen LogP contribution in [0.2, 0.25) is 0 Å². The Bertz CT molecular complexity index is 824. The summed E-state index contributed by atoms with van der Waals surface area (Å²) in [7, 11) is -7.54. The molecule has 2 N–H and O–H groups in total. The maximum atomic E-state index is 13.4. The summed E-state index contributed by atoms with van der Waals surface area (Å²) < 4.78 is 72.4. The van der Waals surface area contributed by atoms with Crippen LogP contribution >= 0.6 is 0 Å². The normalized spacial score (nSPS) is 20.3. The molecular weight excluding hydrogens is 354 g/mol. The number of carbonyl (C=O) groups is 1. The highest BCUT2D eigenvalue weighted by atomic mass is 32.2. The molecule has 0 bridgehead atoms. The lowest BCUT2D eigenvalue weighted by molar-refractivity contribution is -0.122. The predicted molar refractivity (Wildman–Crippen MR) is 76.2 cm³/mol. The highest BCUT2D eigenvalue weighted by molar-refractivity contribution is 7.91. The van der Waals surface area contributed by atoms with Crippen LogP contribution in [-0.4, -0.2) is 34.2 Å². The maximum Gasteiger partial charge on any atom is 0.260 e. The molecule has 1 aliphatic heterocycles. The molecule has 0 unspecified atom stereocenters. The number of benzene rings is 1. The van der Waals surface area contributed by atoms with Crippen molar-refractivity contribution in [3.8, 4) is 0 Å². The molecule has 0 radical (unpaired) electrons. The minimum atomic E-state index is -4.40. The predicted octanol–water partition coefficient (Wildman–Crippen LogP) is 0.0991. The van der Waals surface area contributed by atoms with Crippen LogP contribution in [0.4, 0.5) is 8.78 Å². The lowest BCUT2D eigenvalue weighted by atomic mass is 10.1. The zero-order chi connectivity index (χ0) is 17.3. The van der Waals surface area contributed by atoms with Crippen molar-refractivity contribution in [2.24, 2.45) is 5.92 Å². The molecule has 1 saturated heterocycles. The van der Waals surface area contributed by atoms with Gasteiger partial charge in [0.2, 0.25) is 5.91 Å². The van der Waals surface area contributed by atoms with Gasteiger partial charge in [0.15, 0.2) is 9.84 Å². The van der Waals surface area contributed by atoms with Crippen molar-refractivity contribution in [2.45, 2.75) is 17.7 Å². The maximum absolute atomic E-state index is 13.4. The van der Waals surface area contributed by atoms with Crippen molar-refractivity contribution in [2.75, 3.05) is 11.5 Å². The fraction of sp³-hybridized carbons (Fsp3) is 0.417. The molecule has 11 heteroatoms. The van der Waals surface area contributed by atoms with Gasteiger partial charge in [-0.3, -0.25) is 10.2 Å². The molecule has 0 spiro atoms. The van der Waals surface area contributed by atoms with Crippen LogP contribution in [0.1, 0.15) is 12.8 Å². The molecule has 1 aromatic carbocycles. The van der Waals surface area contributed by atoms with Crippen LogP contribution in [0.25, 0.3) is 0 Å². The Morgan fingerprint density at radius 1 is 1.30 bits per heavy atom. The highest BCUT2D eigenvalue weighted by Crippen LogP contribution is 2.21. The van der Waals surface area contributed by atoms with Gasteiger partial charge >= 0.3 is 0 Å². The van der Waals surface area contributed by atoms with Gasteiger partial charge in [0.1, 0.15) is 16.5 Å². The van der Waals surface area contributed by atoms with Crippen molar-refractivity contribution < 1.29 is 30.4 Å². The van der Waals surface area contributed by atoms with E-state index < -0.39 is 42.3 Å². The smallest absolute Gasteiger partial charge is 0.260 e. The third-order valence-electron chi connectivity index (χ3n) is 3.31. The molecule has 1 aromatic rings. The summed E-state index contributed by atoms with van der Waals surface area (Å²) in [5.74, 6) is -3.48. The van der Waals surface area contributed by atoms with Crippen LogP contribution < -0.4 is 10.3 Å². The van der Waals surface area contributed by atoms with Gasteiger partial charge in [-0.1, -0.05) is 0 Å². The van der Waals surface area contributed by atoms with E-state index in [1.165, 1.54) is 0 Å². The van der Waals surface area contributed by atoms with E-state index in [2.05, 4.69) is 0 Å². The SMILES string of the molecule is O=C(C[C@H]1CCS(=O)(=O)C1)NNS(=O)(=O)c1ccc(F)cc1F. The van der Waals surface area contributed by atoms with Gasteiger partial charge in [-0.25, -0.2) is 25.6 Å². The van der Waals surface area contributed by atoms with Gasteiger partial charge in [-0.15, -0.1) is 4.83 Å². The fourth-order valence-electron chi connectivity index (χ4n) is 2.22. The molecule has 7 nitrogen and oxygen atoms in total. The van der Waals surface area contributed by atoms with E-state index in [4.69, 9.17) is 0 Å². The average Bonchev–Trinajstić information content (AvgIpc) is 2.75. The Morgan fingerprint density at radius 2 is 2.00 bits per heavy atom. The van der Waals surface area contributed by atoms with Crippen LogP contribution in [-0.2, 0) is 24.7 Å². The van der Waals surface area contributed by atoms with E-state index in [-0.39, 0.29) is 23.8 Å². The van der Waals surface area contributed by atoms with Gasteiger partial charge in [0, 0.05) is 12.5 Å². The Balaban J connectivity index is 1.95. The van der Waals surface area contributed by atoms with Gasteiger partial charge < -0.3 is 0 Å². The summed E-state index contributed by atoms with van der Waals surface area (Å²) in [5, 5.41) is 0. The van der Waals surface area contributed by atoms with Crippen molar-refractivity contribution >= 4 is 25.8 Å². The molecule has 1 atom stereocenters. The first-order valence-electron chi connectivity index (χ1n) is 6.55. The molecule has 1 amide bonds. The molecular formula is C12H14F2N2O5S2. The van der Waals surface area contributed by atoms with Crippen LogP contribution in [0, 0.1) is 17.6 Å². The van der Waals surface area contributed by atoms with E-state index in [0.29, 0.717) is 12.5 Å². The number of sulfonamides is 1. The van der Waals surface area contributed by atoms with E-state index >= 15 is 0 Å². The van der Waals surface area contributed by atoms with E-state index in [1.807, 2.05) is 5.43 Å². The number of hydrogen-bond acceptors (Lipinski definition) is 5. The largest absolute Gasteiger partial charge is 0.278 e. The van der Waals surface area contributed by atoms with Gasteiger partial charge in [-0.2, -0.15) is 0 Å².